The van der Waals surface area contributed by atoms with Gasteiger partial charge in [0.15, 0.2) is 0 Å². The molecule has 42 heavy (non-hydrogen) atoms. The zero-order chi connectivity index (χ0) is 28.8. The van der Waals surface area contributed by atoms with E-state index in [9.17, 15) is 4.79 Å². The van der Waals surface area contributed by atoms with Gasteiger partial charge in [0.1, 0.15) is 11.9 Å². The van der Waals surface area contributed by atoms with Crippen molar-refractivity contribution in [2.75, 3.05) is 13.2 Å². The molecule has 1 amide bonds. The summed E-state index contributed by atoms with van der Waals surface area (Å²) in [6.45, 7) is 5.93. The number of amides is 1. The van der Waals surface area contributed by atoms with Crippen LogP contribution in [0.3, 0.4) is 0 Å². The molecule has 218 valence electrons. The number of nitrogens with one attached hydrogen (secondary N) is 2. The molecule has 7 nitrogen and oxygen atoms in total. The van der Waals surface area contributed by atoms with Crippen LogP contribution in [0.25, 0.3) is 22.2 Å². The Bertz CT molecular complexity index is 1570. The molecule has 8 heteroatoms. The lowest BCUT2D eigenvalue weighted by Gasteiger charge is -2.46. The van der Waals surface area contributed by atoms with Crippen molar-refractivity contribution in [1.82, 2.24) is 20.4 Å². The Labute approximate surface area is 251 Å². The second kappa shape index (κ2) is 11.4. The SMILES string of the molecule is CC(C)[C@H](NC(=O)c1ccc2[nH]nc(-c3ccc(OC4CC5CCC(C4)N5C4COC4)cc3)c2c1)c1ccccc1Cl. The van der Waals surface area contributed by atoms with Crippen molar-refractivity contribution < 1.29 is 14.3 Å². The number of piperidine rings is 1. The fraction of sp³-hybridized carbons (Fsp3) is 0.412. The van der Waals surface area contributed by atoms with Gasteiger partial charge in [-0.15, -0.1) is 0 Å². The number of hydrogen-bond acceptors (Lipinski definition) is 5. The molecule has 3 aromatic carbocycles. The second-order valence-electron chi connectivity index (χ2n) is 12.3. The first-order chi connectivity index (χ1) is 20.4. The van der Waals surface area contributed by atoms with Gasteiger partial charge in [0, 0.05) is 33.6 Å². The first-order valence-electron chi connectivity index (χ1n) is 15.1. The average Bonchev–Trinajstić information content (AvgIpc) is 3.48. The third-order valence-electron chi connectivity index (χ3n) is 9.24. The highest BCUT2D eigenvalue weighted by Crippen LogP contribution is 2.40. The van der Waals surface area contributed by atoms with Crippen molar-refractivity contribution in [3.05, 3.63) is 82.9 Å². The molecule has 0 saturated carbocycles. The zero-order valence-electron chi connectivity index (χ0n) is 24.1. The third kappa shape index (κ3) is 5.19. The van der Waals surface area contributed by atoms with E-state index in [0.29, 0.717) is 28.7 Å². The molecule has 3 saturated heterocycles. The highest BCUT2D eigenvalue weighted by Gasteiger charge is 2.46. The lowest BCUT2D eigenvalue weighted by atomic mass is 9.95. The zero-order valence-corrected chi connectivity index (χ0v) is 24.8. The number of ether oxygens (including phenoxy) is 2. The van der Waals surface area contributed by atoms with Crippen LogP contribution in [0, 0.1) is 5.92 Å². The number of H-pyrrole nitrogens is 1. The first kappa shape index (κ1) is 27.4. The van der Waals surface area contributed by atoms with Gasteiger partial charge in [0.25, 0.3) is 5.91 Å². The molecule has 1 aromatic heterocycles. The largest absolute Gasteiger partial charge is 0.490 e. The van der Waals surface area contributed by atoms with E-state index in [2.05, 4.69) is 46.4 Å². The maximum absolute atomic E-state index is 13.4. The van der Waals surface area contributed by atoms with Crippen LogP contribution >= 0.6 is 11.6 Å². The summed E-state index contributed by atoms with van der Waals surface area (Å²) < 4.78 is 11.9. The van der Waals surface area contributed by atoms with E-state index in [1.807, 2.05) is 54.6 Å². The standard InChI is InChI=1S/C34H37ClN4O3/c1-20(2)32(28-5-3-4-6-30(28)35)36-34(40)22-9-14-31-29(15-22)33(38-37-31)21-7-12-26(13-8-21)42-27-16-23-10-11-24(17-27)39(23)25-18-41-19-25/h3-9,12-15,20,23-25,27,32H,10-11,16-19H2,1-2H3,(H,36,40)(H,37,38)/t23?,24?,27?,32-/m0/s1. The van der Waals surface area contributed by atoms with Crippen molar-refractivity contribution >= 4 is 28.4 Å². The molecule has 2 N–H and O–H groups in total. The number of nitrogens with zero attached hydrogens (tertiary/aromatic N) is 2. The molecule has 3 atom stereocenters. The molecule has 3 fully saturated rings. The predicted molar refractivity (Wildman–Crippen MR) is 165 cm³/mol. The number of benzene rings is 3. The number of halogens is 1. The Morgan fingerprint density at radius 1 is 1.02 bits per heavy atom. The molecule has 2 unspecified atom stereocenters. The predicted octanol–water partition coefficient (Wildman–Crippen LogP) is 6.78. The van der Waals surface area contributed by atoms with Crippen LogP contribution in [0.4, 0.5) is 0 Å². The summed E-state index contributed by atoms with van der Waals surface area (Å²) in [6, 6.07) is 23.1. The maximum atomic E-state index is 13.4. The summed E-state index contributed by atoms with van der Waals surface area (Å²) in [5, 5.41) is 12.5. The summed E-state index contributed by atoms with van der Waals surface area (Å²) in [5.41, 5.74) is 4.17. The Hall–Kier alpha value is -3.39. The van der Waals surface area contributed by atoms with Crippen LogP contribution in [0.15, 0.2) is 66.7 Å². The summed E-state index contributed by atoms with van der Waals surface area (Å²) in [5.74, 6) is 0.918. The number of fused-ring (bicyclic) bond motifs is 3. The molecule has 2 bridgehead atoms. The second-order valence-corrected chi connectivity index (χ2v) is 12.7. The lowest BCUT2D eigenvalue weighted by Crippen LogP contribution is -2.57. The van der Waals surface area contributed by atoms with E-state index in [0.717, 1.165) is 59.5 Å². The fourth-order valence-corrected chi connectivity index (χ4v) is 7.32. The summed E-state index contributed by atoms with van der Waals surface area (Å²) in [6.07, 6.45) is 4.95. The van der Waals surface area contributed by atoms with E-state index < -0.39 is 0 Å². The molecule has 0 radical (unpaired) electrons. The lowest BCUT2D eigenvalue weighted by molar-refractivity contribution is -0.102. The Morgan fingerprint density at radius 2 is 1.76 bits per heavy atom. The minimum Gasteiger partial charge on any atom is -0.490 e. The number of aromatic amines is 1. The van der Waals surface area contributed by atoms with Gasteiger partial charge in [0.05, 0.1) is 36.5 Å². The Balaban J connectivity index is 1.06. The van der Waals surface area contributed by atoms with Crippen LogP contribution in [0.5, 0.6) is 5.75 Å². The monoisotopic (exact) mass is 584 g/mol. The van der Waals surface area contributed by atoms with Crippen molar-refractivity contribution in [3.63, 3.8) is 0 Å². The molecule has 7 rings (SSSR count). The summed E-state index contributed by atoms with van der Waals surface area (Å²) in [7, 11) is 0. The van der Waals surface area contributed by atoms with Crippen molar-refractivity contribution in [2.45, 2.75) is 69.8 Å². The van der Waals surface area contributed by atoms with Gasteiger partial charge in [-0.2, -0.15) is 5.10 Å². The van der Waals surface area contributed by atoms with Gasteiger partial charge in [-0.25, -0.2) is 0 Å². The highest BCUT2D eigenvalue weighted by atomic mass is 35.5. The smallest absolute Gasteiger partial charge is 0.251 e. The molecular weight excluding hydrogens is 548 g/mol. The summed E-state index contributed by atoms with van der Waals surface area (Å²) in [4.78, 5) is 16.1. The van der Waals surface area contributed by atoms with Crippen molar-refractivity contribution in [3.8, 4) is 17.0 Å². The van der Waals surface area contributed by atoms with Crippen LogP contribution < -0.4 is 10.1 Å². The van der Waals surface area contributed by atoms with Gasteiger partial charge in [-0.3, -0.25) is 14.8 Å². The number of carbonyl (C=O) groups excluding carboxylic acids is 1. The van der Waals surface area contributed by atoms with Crippen molar-refractivity contribution in [1.29, 1.82) is 0 Å². The van der Waals surface area contributed by atoms with E-state index in [1.165, 1.54) is 12.8 Å². The molecule has 3 aliphatic rings. The van der Waals surface area contributed by atoms with Crippen LogP contribution in [0.2, 0.25) is 5.02 Å². The van der Waals surface area contributed by atoms with Crippen LogP contribution in [0.1, 0.15) is 61.5 Å². The molecule has 4 aromatic rings. The van der Waals surface area contributed by atoms with Gasteiger partial charge in [0.2, 0.25) is 0 Å². The van der Waals surface area contributed by atoms with Gasteiger partial charge in [-0.05, 0) is 85.7 Å². The van der Waals surface area contributed by atoms with Crippen LogP contribution in [-0.2, 0) is 4.74 Å². The molecule has 4 heterocycles. The Kier molecular flexibility index (Phi) is 7.42. The minimum atomic E-state index is -0.201. The number of rotatable bonds is 8. The molecule has 0 spiro atoms. The molecule has 0 aliphatic carbocycles. The number of hydrogen-bond donors (Lipinski definition) is 2. The van der Waals surface area contributed by atoms with Crippen LogP contribution in [-0.4, -0.2) is 58.4 Å². The number of aromatic nitrogens is 2. The number of carbonyl (C=O) groups is 1. The van der Waals surface area contributed by atoms with Crippen molar-refractivity contribution in [2.24, 2.45) is 5.92 Å². The van der Waals surface area contributed by atoms with E-state index >= 15 is 0 Å². The quantitative estimate of drug-likeness (QED) is 0.238. The topological polar surface area (TPSA) is 79.5 Å². The van der Waals surface area contributed by atoms with E-state index in [-0.39, 0.29) is 24.0 Å². The molecule has 3 aliphatic heterocycles. The highest BCUT2D eigenvalue weighted by molar-refractivity contribution is 6.31. The third-order valence-corrected chi connectivity index (χ3v) is 9.58. The molecular formula is C34H37ClN4O3. The average molecular weight is 585 g/mol. The first-order valence-corrected chi connectivity index (χ1v) is 15.5. The maximum Gasteiger partial charge on any atom is 0.251 e. The minimum absolute atomic E-state index is 0.142. The van der Waals surface area contributed by atoms with Gasteiger partial charge in [-0.1, -0.05) is 43.6 Å². The fourth-order valence-electron chi connectivity index (χ4n) is 7.07. The Morgan fingerprint density at radius 3 is 2.43 bits per heavy atom. The van der Waals surface area contributed by atoms with E-state index in [1.54, 1.807) is 0 Å². The van der Waals surface area contributed by atoms with E-state index in [4.69, 9.17) is 21.1 Å². The van der Waals surface area contributed by atoms with Gasteiger partial charge < -0.3 is 14.8 Å². The summed E-state index contributed by atoms with van der Waals surface area (Å²) >= 11 is 6.47. The van der Waals surface area contributed by atoms with Gasteiger partial charge >= 0.3 is 0 Å². The normalized spacial score (nSPS) is 23.2.